The quantitative estimate of drug-likeness (QED) is 0.657. The molecule has 0 aromatic heterocycles. The van der Waals surface area contributed by atoms with Crippen molar-refractivity contribution in [2.75, 3.05) is 32.9 Å². The van der Waals surface area contributed by atoms with E-state index in [2.05, 4.69) is 19.2 Å². The van der Waals surface area contributed by atoms with Crippen molar-refractivity contribution in [3.8, 4) is 0 Å². The molecule has 1 aliphatic rings. The van der Waals surface area contributed by atoms with E-state index in [-0.39, 0.29) is 0 Å². The molecule has 1 N–H and O–H groups in total. The first-order chi connectivity index (χ1) is 7.29. The van der Waals surface area contributed by atoms with Gasteiger partial charge in [-0.3, -0.25) is 0 Å². The van der Waals surface area contributed by atoms with Crippen LogP contribution in [0.5, 0.6) is 0 Å². The largest absolute Gasteiger partial charge is 0.381 e. The molecule has 1 rings (SSSR count). The van der Waals surface area contributed by atoms with Crippen molar-refractivity contribution < 1.29 is 9.47 Å². The van der Waals surface area contributed by atoms with Crippen LogP contribution in [0, 0.1) is 5.92 Å². The molecular formula is C12H25NO2. The second-order valence-corrected chi connectivity index (χ2v) is 4.63. The lowest BCUT2D eigenvalue weighted by molar-refractivity contribution is -0.0322. The van der Waals surface area contributed by atoms with Gasteiger partial charge >= 0.3 is 0 Å². The van der Waals surface area contributed by atoms with Gasteiger partial charge in [-0.05, 0) is 38.3 Å². The fourth-order valence-electron chi connectivity index (χ4n) is 1.68. The summed E-state index contributed by atoms with van der Waals surface area (Å²) in [5.74, 6) is 0.737. The molecular weight excluding hydrogens is 190 g/mol. The van der Waals surface area contributed by atoms with Gasteiger partial charge in [0.25, 0.3) is 0 Å². The highest BCUT2D eigenvalue weighted by Crippen LogP contribution is 2.10. The average Bonchev–Trinajstić information content (AvgIpc) is 2.24. The number of hydrogen-bond acceptors (Lipinski definition) is 3. The van der Waals surface area contributed by atoms with Gasteiger partial charge in [-0.25, -0.2) is 0 Å². The van der Waals surface area contributed by atoms with Crippen LogP contribution in [-0.4, -0.2) is 39.0 Å². The molecule has 0 aromatic rings. The molecule has 3 heteroatoms. The molecule has 0 amide bonds. The molecule has 0 saturated carbocycles. The van der Waals surface area contributed by atoms with Crippen molar-refractivity contribution in [1.29, 1.82) is 0 Å². The fraction of sp³-hybridized carbons (Fsp3) is 1.00. The van der Waals surface area contributed by atoms with Crippen molar-refractivity contribution in [3.05, 3.63) is 0 Å². The number of hydrogen-bond donors (Lipinski definition) is 1. The van der Waals surface area contributed by atoms with Gasteiger partial charge in [0, 0.05) is 19.8 Å². The first-order valence-corrected chi connectivity index (χ1v) is 6.19. The number of ether oxygens (including phenoxy) is 2. The fourth-order valence-corrected chi connectivity index (χ4v) is 1.68. The van der Waals surface area contributed by atoms with Crippen molar-refractivity contribution in [2.24, 2.45) is 5.92 Å². The smallest absolute Gasteiger partial charge is 0.0619 e. The van der Waals surface area contributed by atoms with Crippen LogP contribution in [0.4, 0.5) is 0 Å². The molecule has 3 nitrogen and oxygen atoms in total. The Morgan fingerprint density at radius 1 is 1.33 bits per heavy atom. The lowest BCUT2D eigenvalue weighted by Crippen LogP contribution is -2.26. The Labute approximate surface area is 93.5 Å². The summed E-state index contributed by atoms with van der Waals surface area (Å²) in [5, 5.41) is 3.42. The third-order valence-corrected chi connectivity index (χ3v) is 2.57. The topological polar surface area (TPSA) is 30.5 Å². The minimum absolute atomic E-state index is 0.448. The van der Waals surface area contributed by atoms with Gasteiger partial charge in [-0.1, -0.05) is 13.8 Å². The standard InChI is InChI=1S/C12H25NO2/c1-11(2)10-13-6-3-7-15-12-4-8-14-9-5-12/h11-13H,3-10H2,1-2H3. The Morgan fingerprint density at radius 3 is 2.73 bits per heavy atom. The molecule has 0 radical (unpaired) electrons. The Hall–Kier alpha value is -0.120. The van der Waals surface area contributed by atoms with Crippen LogP contribution in [0.2, 0.25) is 0 Å². The first-order valence-electron chi connectivity index (χ1n) is 6.19. The summed E-state index contributed by atoms with van der Waals surface area (Å²) < 4.78 is 11.0. The Morgan fingerprint density at radius 2 is 2.07 bits per heavy atom. The SMILES string of the molecule is CC(C)CNCCCOC1CCOCC1. The van der Waals surface area contributed by atoms with E-state index in [9.17, 15) is 0 Å². The van der Waals surface area contributed by atoms with Crippen LogP contribution in [0.3, 0.4) is 0 Å². The highest BCUT2D eigenvalue weighted by molar-refractivity contribution is 4.62. The summed E-state index contributed by atoms with van der Waals surface area (Å²) in [5.41, 5.74) is 0. The maximum Gasteiger partial charge on any atom is 0.0619 e. The van der Waals surface area contributed by atoms with Gasteiger partial charge in [0.05, 0.1) is 6.10 Å². The summed E-state index contributed by atoms with van der Waals surface area (Å²) in [6, 6.07) is 0. The van der Waals surface area contributed by atoms with E-state index in [1.807, 2.05) is 0 Å². The molecule has 1 fully saturated rings. The molecule has 1 aliphatic heterocycles. The van der Waals surface area contributed by atoms with E-state index < -0.39 is 0 Å². The van der Waals surface area contributed by atoms with Gasteiger partial charge in [-0.2, -0.15) is 0 Å². The van der Waals surface area contributed by atoms with Crippen LogP contribution in [-0.2, 0) is 9.47 Å². The molecule has 1 saturated heterocycles. The molecule has 90 valence electrons. The lowest BCUT2D eigenvalue weighted by Gasteiger charge is -2.22. The van der Waals surface area contributed by atoms with Crippen molar-refractivity contribution >= 4 is 0 Å². The molecule has 0 aromatic carbocycles. The second kappa shape index (κ2) is 8.08. The summed E-state index contributed by atoms with van der Waals surface area (Å²) >= 11 is 0. The maximum absolute atomic E-state index is 5.77. The molecule has 15 heavy (non-hydrogen) atoms. The molecule has 0 aliphatic carbocycles. The highest BCUT2D eigenvalue weighted by Gasteiger charge is 2.13. The number of rotatable bonds is 7. The molecule has 0 unspecified atom stereocenters. The Kier molecular flexibility index (Phi) is 6.98. The van der Waals surface area contributed by atoms with Gasteiger partial charge < -0.3 is 14.8 Å². The van der Waals surface area contributed by atoms with Crippen LogP contribution in [0.25, 0.3) is 0 Å². The van der Waals surface area contributed by atoms with Gasteiger partial charge in [-0.15, -0.1) is 0 Å². The monoisotopic (exact) mass is 215 g/mol. The lowest BCUT2D eigenvalue weighted by atomic mass is 10.1. The van der Waals surface area contributed by atoms with Crippen LogP contribution in [0.15, 0.2) is 0 Å². The predicted molar refractivity (Wildman–Crippen MR) is 62.1 cm³/mol. The number of nitrogens with one attached hydrogen (secondary N) is 1. The van der Waals surface area contributed by atoms with Crippen molar-refractivity contribution in [3.63, 3.8) is 0 Å². The summed E-state index contributed by atoms with van der Waals surface area (Å²) in [6.45, 7) is 9.26. The highest BCUT2D eigenvalue weighted by atomic mass is 16.5. The van der Waals surface area contributed by atoms with Crippen molar-refractivity contribution in [2.45, 2.75) is 39.2 Å². The summed E-state index contributed by atoms with van der Waals surface area (Å²) in [7, 11) is 0. The van der Waals surface area contributed by atoms with Crippen LogP contribution >= 0.6 is 0 Å². The van der Waals surface area contributed by atoms with E-state index >= 15 is 0 Å². The minimum atomic E-state index is 0.448. The normalized spacial score (nSPS) is 18.6. The van der Waals surface area contributed by atoms with E-state index in [1.54, 1.807) is 0 Å². The summed E-state index contributed by atoms with van der Waals surface area (Å²) in [4.78, 5) is 0. The zero-order valence-electron chi connectivity index (χ0n) is 10.1. The molecule has 0 atom stereocenters. The van der Waals surface area contributed by atoms with Crippen LogP contribution < -0.4 is 5.32 Å². The molecule has 0 spiro atoms. The third kappa shape index (κ3) is 6.88. The average molecular weight is 215 g/mol. The van der Waals surface area contributed by atoms with Crippen LogP contribution in [0.1, 0.15) is 33.1 Å². The Balaban J connectivity index is 1.83. The van der Waals surface area contributed by atoms with E-state index in [0.717, 1.165) is 58.1 Å². The van der Waals surface area contributed by atoms with E-state index in [0.29, 0.717) is 6.10 Å². The van der Waals surface area contributed by atoms with E-state index in [4.69, 9.17) is 9.47 Å². The zero-order valence-corrected chi connectivity index (χ0v) is 10.1. The van der Waals surface area contributed by atoms with Gasteiger partial charge in [0.1, 0.15) is 0 Å². The van der Waals surface area contributed by atoms with E-state index in [1.165, 1.54) is 0 Å². The maximum atomic E-state index is 5.77. The Bertz CT molecular complexity index is 145. The molecule has 1 heterocycles. The molecule has 0 bridgehead atoms. The zero-order chi connectivity index (χ0) is 10.9. The van der Waals surface area contributed by atoms with Crippen molar-refractivity contribution in [1.82, 2.24) is 5.32 Å². The predicted octanol–water partition coefficient (Wildman–Crippen LogP) is 1.82. The summed E-state index contributed by atoms with van der Waals surface area (Å²) in [6.07, 6.45) is 3.70. The van der Waals surface area contributed by atoms with Gasteiger partial charge in [0.2, 0.25) is 0 Å². The second-order valence-electron chi connectivity index (χ2n) is 4.63. The third-order valence-electron chi connectivity index (χ3n) is 2.57. The van der Waals surface area contributed by atoms with Gasteiger partial charge in [0.15, 0.2) is 0 Å². The minimum Gasteiger partial charge on any atom is -0.381 e. The first kappa shape index (κ1) is 12.9.